The van der Waals surface area contributed by atoms with Crippen LogP contribution in [0.2, 0.25) is 0 Å². The second kappa shape index (κ2) is 4.51. The average molecular weight is 220 g/mol. The van der Waals surface area contributed by atoms with Crippen molar-refractivity contribution in [3.63, 3.8) is 0 Å². The first-order chi connectivity index (χ1) is 7.66. The monoisotopic (exact) mass is 220 g/mol. The van der Waals surface area contributed by atoms with Gasteiger partial charge in [-0.15, -0.1) is 0 Å². The largest absolute Gasteiger partial charge is 0.481 e. The van der Waals surface area contributed by atoms with Crippen LogP contribution in [0.3, 0.4) is 0 Å². The van der Waals surface area contributed by atoms with Gasteiger partial charge in [-0.05, 0) is 36.5 Å². The number of carboxylic acids is 1. The van der Waals surface area contributed by atoms with Crippen LogP contribution in [-0.4, -0.2) is 29.7 Å². The maximum absolute atomic E-state index is 10.5. The van der Waals surface area contributed by atoms with Gasteiger partial charge in [0.2, 0.25) is 0 Å². The van der Waals surface area contributed by atoms with E-state index in [1.165, 1.54) is 18.4 Å². The fraction of sp³-hybridized carbons (Fsp3) is 0.500. The molecule has 0 spiro atoms. The SMILES string of the molecule is CN(CCC(=O)O)c1cc(C2CC2)ccn1. The summed E-state index contributed by atoms with van der Waals surface area (Å²) in [5, 5.41) is 8.62. The Morgan fingerprint density at radius 3 is 3.00 bits per heavy atom. The molecule has 1 heterocycles. The fourth-order valence-corrected chi connectivity index (χ4v) is 1.69. The van der Waals surface area contributed by atoms with Crippen LogP contribution in [0.25, 0.3) is 0 Å². The standard InChI is InChI=1S/C12H16N2O2/c1-14(7-5-12(15)16)11-8-10(4-6-13-11)9-2-3-9/h4,6,8-9H,2-3,5,7H2,1H3,(H,15,16). The number of carboxylic acid groups (broad SMARTS) is 1. The van der Waals surface area contributed by atoms with Crippen molar-refractivity contribution in [3.05, 3.63) is 23.9 Å². The minimum absolute atomic E-state index is 0.145. The molecular formula is C12H16N2O2. The number of hydrogen-bond donors (Lipinski definition) is 1. The van der Waals surface area contributed by atoms with Gasteiger partial charge in [-0.3, -0.25) is 4.79 Å². The van der Waals surface area contributed by atoms with Crippen molar-refractivity contribution in [1.82, 2.24) is 4.98 Å². The summed E-state index contributed by atoms with van der Waals surface area (Å²) >= 11 is 0. The van der Waals surface area contributed by atoms with E-state index in [1.54, 1.807) is 6.20 Å². The Bertz CT molecular complexity index is 388. The number of nitrogens with zero attached hydrogens (tertiary/aromatic N) is 2. The highest BCUT2D eigenvalue weighted by molar-refractivity contribution is 5.67. The molecule has 4 heteroatoms. The van der Waals surface area contributed by atoms with E-state index in [0.717, 1.165) is 5.82 Å². The summed E-state index contributed by atoms with van der Waals surface area (Å²) in [6, 6.07) is 4.12. The Hall–Kier alpha value is -1.58. The highest BCUT2D eigenvalue weighted by atomic mass is 16.4. The molecule has 2 rings (SSSR count). The van der Waals surface area contributed by atoms with Gasteiger partial charge in [-0.1, -0.05) is 0 Å². The van der Waals surface area contributed by atoms with Crippen LogP contribution >= 0.6 is 0 Å². The van der Waals surface area contributed by atoms with E-state index < -0.39 is 5.97 Å². The lowest BCUT2D eigenvalue weighted by Crippen LogP contribution is -2.22. The lowest BCUT2D eigenvalue weighted by atomic mass is 10.2. The fourth-order valence-electron chi connectivity index (χ4n) is 1.69. The van der Waals surface area contributed by atoms with E-state index in [2.05, 4.69) is 11.1 Å². The molecule has 0 amide bonds. The quantitative estimate of drug-likeness (QED) is 0.823. The van der Waals surface area contributed by atoms with E-state index in [-0.39, 0.29) is 6.42 Å². The van der Waals surface area contributed by atoms with Crippen molar-refractivity contribution in [2.45, 2.75) is 25.2 Å². The molecule has 1 aliphatic rings. The Labute approximate surface area is 94.9 Å². The second-order valence-corrected chi connectivity index (χ2v) is 4.29. The molecule has 0 aromatic carbocycles. The smallest absolute Gasteiger partial charge is 0.305 e. The lowest BCUT2D eigenvalue weighted by Gasteiger charge is -2.17. The van der Waals surface area contributed by atoms with Gasteiger partial charge in [0.05, 0.1) is 6.42 Å². The molecule has 1 aromatic heterocycles. The highest BCUT2D eigenvalue weighted by Gasteiger charge is 2.23. The van der Waals surface area contributed by atoms with Gasteiger partial charge in [0.25, 0.3) is 0 Å². The average Bonchev–Trinajstić information content (AvgIpc) is 3.10. The van der Waals surface area contributed by atoms with E-state index in [9.17, 15) is 4.79 Å². The zero-order chi connectivity index (χ0) is 11.5. The van der Waals surface area contributed by atoms with Gasteiger partial charge in [0, 0.05) is 19.8 Å². The van der Waals surface area contributed by atoms with Crippen molar-refractivity contribution in [1.29, 1.82) is 0 Å². The topological polar surface area (TPSA) is 53.4 Å². The maximum atomic E-state index is 10.5. The molecule has 1 aromatic rings. The molecule has 1 fully saturated rings. The molecule has 0 bridgehead atoms. The zero-order valence-corrected chi connectivity index (χ0v) is 9.39. The Balaban J connectivity index is 2.01. The van der Waals surface area contributed by atoms with Crippen molar-refractivity contribution in [2.75, 3.05) is 18.5 Å². The number of hydrogen-bond acceptors (Lipinski definition) is 3. The van der Waals surface area contributed by atoms with Crippen molar-refractivity contribution in [3.8, 4) is 0 Å². The molecule has 1 aliphatic carbocycles. The normalized spacial score (nSPS) is 14.8. The van der Waals surface area contributed by atoms with E-state index in [0.29, 0.717) is 12.5 Å². The molecule has 1 saturated carbocycles. The van der Waals surface area contributed by atoms with E-state index in [4.69, 9.17) is 5.11 Å². The first kappa shape index (κ1) is 10.9. The van der Waals surface area contributed by atoms with Crippen LogP contribution in [0, 0.1) is 0 Å². The molecule has 16 heavy (non-hydrogen) atoms. The Morgan fingerprint density at radius 1 is 1.62 bits per heavy atom. The number of aliphatic carboxylic acids is 1. The second-order valence-electron chi connectivity index (χ2n) is 4.29. The third-order valence-electron chi connectivity index (χ3n) is 2.87. The number of pyridine rings is 1. The summed E-state index contributed by atoms with van der Waals surface area (Å²) in [6.45, 7) is 0.496. The van der Waals surface area contributed by atoms with Crippen molar-refractivity contribution < 1.29 is 9.90 Å². The van der Waals surface area contributed by atoms with Gasteiger partial charge in [-0.25, -0.2) is 4.98 Å². The molecule has 0 saturated heterocycles. The van der Waals surface area contributed by atoms with E-state index >= 15 is 0 Å². The van der Waals surface area contributed by atoms with Crippen LogP contribution in [0.4, 0.5) is 5.82 Å². The van der Waals surface area contributed by atoms with Crippen LogP contribution in [0.5, 0.6) is 0 Å². The van der Waals surface area contributed by atoms with Crippen molar-refractivity contribution >= 4 is 11.8 Å². The van der Waals surface area contributed by atoms with Crippen LogP contribution in [-0.2, 0) is 4.79 Å². The number of anilines is 1. The maximum Gasteiger partial charge on any atom is 0.305 e. The van der Waals surface area contributed by atoms with Gasteiger partial charge in [0.15, 0.2) is 0 Å². The summed E-state index contributed by atoms with van der Waals surface area (Å²) in [6.07, 6.45) is 4.48. The molecule has 0 unspecified atom stereocenters. The Morgan fingerprint density at radius 2 is 2.38 bits per heavy atom. The summed E-state index contributed by atoms with van der Waals surface area (Å²) in [4.78, 5) is 16.6. The molecule has 0 radical (unpaired) electrons. The predicted octanol–water partition coefficient (Wildman–Crippen LogP) is 1.87. The minimum Gasteiger partial charge on any atom is -0.481 e. The number of rotatable bonds is 5. The summed E-state index contributed by atoms with van der Waals surface area (Å²) in [7, 11) is 1.88. The van der Waals surface area contributed by atoms with Crippen LogP contribution in [0.1, 0.15) is 30.7 Å². The first-order valence-electron chi connectivity index (χ1n) is 5.55. The van der Waals surface area contributed by atoms with Gasteiger partial charge < -0.3 is 10.0 Å². The third kappa shape index (κ3) is 2.72. The molecule has 0 aliphatic heterocycles. The molecule has 4 nitrogen and oxygen atoms in total. The highest BCUT2D eigenvalue weighted by Crippen LogP contribution is 2.40. The lowest BCUT2D eigenvalue weighted by molar-refractivity contribution is -0.136. The van der Waals surface area contributed by atoms with E-state index in [1.807, 2.05) is 18.0 Å². The predicted molar refractivity (Wildman–Crippen MR) is 61.7 cm³/mol. The van der Waals surface area contributed by atoms with Gasteiger partial charge in [-0.2, -0.15) is 0 Å². The summed E-state index contributed by atoms with van der Waals surface area (Å²) in [5.74, 6) is 0.797. The molecule has 0 atom stereocenters. The summed E-state index contributed by atoms with van der Waals surface area (Å²) in [5.41, 5.74) is 1.33. The third-order valence-corrected chi connectivity index (χ3v) is 2.87. The Kier molecular flexibility index (Phi) is 3.08. The minimum atomic E-state index is -0.773. The van der Waals surface area contributed by atoms with Crippen LogP contribution in [0.15, 0.2) is 18.3 Å². The first-order valence-corrected chi connectivity index (χ1v) is 5.55. The molecule has 86 valence electrons. The molecular weight excluding hydrogens is 204 g/mol. The van der Waals surface area contributed by atoms with Gasteiger partial charge >= 0.3 is 5.97 Å². The van der Waals surface area contributed by atoms with Gasteiger partial charge in [0.1, 0.15) is 5.82 Å². The number of carbonyl (C=O) groups is 1. The number of aromatic nitrogens is 1. The molecule has 1 N–H and O–H groups in total. The zero-order valence-electron chi connectivity index (χ0n) is 9.39. The van der Waals surface area contributed by atoms with Crippen molar-refractivity contribution in [2.24, 2.45) is 0 Å². The van der Waals surface area contributed by atoms with Crippen LogP contribution < -0.4 is 4.90 Å². The summed E-state index contributed by atoms with van der Waals surface area (Å²) < 4.78 is 0.